The lowest BCUT2D eigenvalue weighted by atomic mass is 10.0. The average Bonchev–Trinajstić information content (AvgIpc) is 2.60. The maximum absolute atomic E-state index is 12.4. The van der Waals surface area contributed by atoms with E-state index < -0.39 is 33.4 Å². The number of fused-ring (bicyclic) bond motifs is 2. The van der Waals surface area contributed by atoms with Crippen molar-refractivity contribution < 1.29 is 35.3 Å². The van der Waals surface area contributed by atoms with E-state index in [1.54, 1.807) is 7.05 Å². The van der Waals surface area contributed by atoms with Crippen LogP contribution in [0.4, 0.5) is 13.2 Å². The molecule has 10 heteroatoms. The first-order chi connectivity index (χ1) is 9.58. The summed E-state index contributed by atoms with van der Waals surface area (Å²) < 4.78 is 68.3. The number of hydrogen-bond donors (Lipinski definition) is 0. The number of hydrogen-bond acceptors (Lipinski definition) is 6. The summed E-state index contributed by atoms with van der Waals surface area (Å²) in [7, 11) is -2.99. The van der Waals surface area contributed by atoms with Crippen LogP contribution in [0.3, 0.4) is 0 Å². The van der Waals surface area contributed by atoms with Crippen molar-refractivity contribution in [1.82, 2.24) is 4.90 Å². The lowest BCUT2D eigenvalue weighted by molar-refractivity contribution is -0.137. The molecular weight excluding hydrogens is 315 g/mol. The summed E-state index contributed by atoms with van der Waals surface area (Å²) in [5, 5.41) is 0. The summed E-state index contributed by atoms with van der Waals surface area (Å²) >= 11 is 0. The number of esters is 1. The van der Waals surface area contributed by atoms with Crippen LogP contribution in [-0.2, 0) is 23.8 Å². The minimum atomic E-state index is -5.79. The molecule has 0 N–H and O–H groups in total. The number of halogens is 3. The van der Waals surface area contributed by atoms with Crippen molar-refractivity contribution in [1.29, 1.82) is 0 Å². The number of methoxy groups -OCH3 is 1. The van der Waals surface area contributed by atoms with Crippen LogP contribution < -0.4 is 0 Å². The molecule has 0 aromatic carbocycles. The number of rotatable bonds is 3. The zero-order valence-electron chi connectivity index (χ0n) is 11.3. The average molecular weight is 329 g/mol. The van der Waals surface area contributed by atoms with Crippen LogP contribution in [0.2, 0.25) is 0 Å². The van der Waals surface area contributed by atoms with Gasteiger partial charge in [0.25, 0.3) is 0 Å². The van der Waals surface area contributed by atoms with Gasteiger partial charge in [-0.3, -0.25) is 4.90 Å². The molecule has 0 aromatic rings. The quantitative estimate of drug-likeness (QED) is 0.439. The Morgan fingerprint density at radius 3 is 2.48 bits per heavy atom. The van der Waals surface area contributed by atoms with Crippen molar-refractivity contribution in [2.24, 2.45) is 0 Å². The Kier molecular flexibility index (Phi) is 3.96. The van der Waals surface area contributed by atoms with E-state index in [0.717, 1.165) is 7.11 Å². The smallest absolute Gasteiger partial charge is 0.466 e. The van der Waals surface area contributed by atoms with Gasteiger partial charge in [-0.2, -0.15) is 21.6 Å². The minimum Gasteiger partial charge on any atom is -0.466 e. The highest BCUT2D eigenvalue weighted by atomic mass is 32.2. The number of nitrogens with zero attached hydrogens (tertiary/aromatic N) is 1. The second kappa shape index (κ2) is 5.16. The zero-order valence-corrected chi connectivity index (χ0v) is 12.1. The van der Waals surface area contributed by atoms with Crippen molar-refractivity contribution in [2.75, 3.05) is 14.2 Å². The molecule has 1 fully saturated rings. The standard InChI is InChI=1S/C11H14F3NO5S/c1-15-6-3-4-7(15)9(10(16)19-2)8(5-6)20-21(17,18)11(12,13)14/h6-7H,3-5H2,1-2H3/t6?,7-/m1/s1. The van der Waals surface area contributed by atoms with Crippen LogP contribution >= 0.6 is 0 Å². The number of ether oxygens (including phenoxy) is 1. The van der Waals surface area contributed by atoms with Crippen molar-refractivity contribution in [3.63, 3.8) is 0 Å². The van der Waals surface area contributed by atoms with Crippen LogP contribution in [0, 0.1) is 0 Å². The molecule has 120 valence electrons. The normalized spacial score (nSPS) is 26.9. The Bertz CT molecular complexity index is 583. The third kappa shape index (κ3) is 2.73. The van der Waals surface area contributed by atoms with Crippen LogP contribution in [0.15, 0.2) is 11.3 Å². The molecule has 2 rings (SSSR count). The van der Waals surface area contributed by atoms with Crippen molar-refractivity contribution >= 4 is 16.1 Å². The third-order valence-electron chi connectivity index (χ3n) is 3.79. The Morgan fingerprint density at radius 1 is 1.33 bits per heavy atom. The van der Waals surface area contributed by atoms with Crippen molar-refractivity contribution in [3.8, 4) is 0 Å². The molecule has 0 radical (unpaired) electrons. The Balaban J connectivity index is 2.43. The summed E-state index contributed by atoms with van der Waals surface area (Å²) in [4.78, 5) is 13.6. The van der Waals surface area contributed by atoms with E-state index >= 15 is 0 Å². The molecule has 2 aliphatic heterocycles. The first-order valence-corrected chi connectivity index (χ1v) is 7.53. The minimum absolute atomic E-state index is 0.0766. The van der Waals surface area contributed by atoms with E-state index in [-0.39, 0.29) is 18.0 Å². The Hall–Kier alpha value is -1.29. The Labute approximate surface area is 119 Å². The van der Waals surface area contributed by atoms with E-state index in [2.05, 4.69) is 8.92 Å². The maximum Gasteiger partial charge on any atom is 0.534 e. The summed E-state index contributed by atoms with van der Waals surface area (Å²) in [5.41, 5.74) is -5.69. The second-order valence-electron chi connectivity index (χ2n) is 4.93. The molecule has 0 aliphatic carbocycles. The molecule has 1 unspecified atom stereocenters. The number of alkyl halides is 3. The third-order valence-corrected chi connectivity index (χ3v) is 4.78. The fourth-order valence-corrected chi connectivity index (χ4v) is 3.25. The summed E-state index contributed by atoms with van der Waals surface area (Å²) in [6.07, 6.45) is 1.10. The van der Waals surface area contributed by atoms with Gasteiger partial charge in [0.05, 0.1) is 12.7 Å². The highest BCUT2D eigenvalue weighted by molar-refractivity contribution is 7.87. The van der Waals surface area contributed by atoms with Crippen molar-refractivity contribution in [2.45, 2.75) is 36.9 Å². The lowest BCUT2D eigenvalue weighted by Crippen LogP contribution is -2.42. The molecule has 0 saturated carbocycles. The van der Waals surface area contributed by atoms with E-state index in [9.17, 15) is 26.4 Å². The second-order valence-corrected chi connectivity index (χ2v) is 6.47. The fourth-order valence-electron chi connectivity index (χ4n) is 2.73. The summed E-state index contributed by atoms with van der Waals surface area (Å²) in [6, 6.07) is -0.642. The van der Waals surface area contributed by atoms with Gasteiger partial charge in [0.1, 0.15) is 5.76 Å². The van der Waals surface area contributed by atoms with Crippen LogP contribution in [0.5, 0.6) is 0 Å². The largest absolute Gasteiger partial charge is 0.534 e. The van der Waals surface area contributed by atoms with Gasteiger partial charge in [-0.05, 0) is 19.9 Å². The van der Waals surface area contributed by atoms with Gasteiger partial charge in [0.15, 0.2) is 0 Å². The number of carbonyl (C=O) groups is 1. The molecule has 0 amide bonds. The number of likely N-dealkylation sites (N-methyl/N-ethyl adjacent to an activating group) is 1. The first kappa shape index (κ1) is 16.1. The van der Waals surface area contributed by atoms with E-state index in [1.807, 2.05) is 4.90 Å². The Morgan fingerprint density at radius 2 is 1.95 bits per heavy atom. The van der Waals surface area contributed by atoms with Crippen LogP contribution in [0.1, 0.15) is 19.3 Å². The van der Waals surface area contributed by atoms with Gasteiger partial charge in [-0.1, -0.05) is 0 Å². The number of carbonyl (C=O) groups excluding carboxylic acids is 1. The van der Waals surface area contributed by atoms with Crippen molar-refractivity contribution in [3.05, 3.63) is 11.3 Å². The van der Waals surface area contributed by atoms with E-state index in [4.69, 9.17) is 0 Å². The molecule has 2 aliphatic rings. The molecule has 0 spiro atoms. The SMILES string of the molecule is COC(=O)C1=C(OS(=O)(=O)C(F)(F)F)CC2CC[C@H]1N2C. The summed E-state index contributed by atoms with van der Waals surface area (Å²) in [5.74, 6) is -1.34. The molecule has 2 atom stereocenters. The van der Waals surface area contributed by atoms with Gasteiger partial charge in [-0.15, -0.1) is 0 Å². The molecule has 1 saturated heterocycles. The van der Waals surface area contributed by atoms with Gasteiger partial charge < -0.3 is 8.92 Å². The van der Waals surface area contributed by atoms with Gasteiger partial charge >= 0.3 is 21.6 Å². The predicted octanol–water partition coefficient (Wildman–Crippen LogP) is 1.15. The van der Waals surface area contributed by atoms with Gasteiger partial charge in [0.2, 0.25) is 0 Å². The van der Waals surface area contributed by atoms with E-state index in [1.165, 1.54) is 0 Å². The monoisotopic (exact) mass is 329 g/mol. The zero-order chi connectivity index (χ0) is 16.0. The van der Waals surface area contributed by atoms with Crippen LogP contribution in [0.25, 0.3) is 0 Å². The molecule has 6 nitrogen and oxygen atoms in total. The fraction of sp³-hybridized carbons (Fsp3) is 0.727. The first-order valence-electron chi connectivity index (χ1n) is 6.12. The lowest BCUT2D eigenvalue weighted by Gasteiger charge is -2.33. The topological polar surface area (TPSA) is 72.9 Å². The highest BCUT2D eigenvalue weighted by Crippen LogP contribution is 2.40. The predicted molar refractivity (Wildman–Crippen MR) is 64.3 cm³/mol. The molecular formula is C11H14F3NO5S. The highest BCUT2D eigenvalue weighted by Gasteiger charge is 2.51. The molecule has 21 heavy (non-hydrogen) atoms. The molecule has 2 heterocycles. The maximum atomic E-state index is 12.4. The molecule has 0 aromatic heterocycles. The van der Waals surface area contributed by atoms with Gasteiger partial charge in [-0.25, -0.2) is 4.79 Å². The van der Waals surface area contributed by atoms with Gasteiger partial charge in [0, 0.05) is 18.5 Å². The van der Waals surface area contributed by atoms with Crippen LogP contribution in [-0.4, -0.2) is 51.0 Å². The van der Waals surface area contributed by atoms with E-state index in [0.29, 0.717) is 12.8 Å². The summed E-state index contributed by atoms with van der Waals surface area (Å²) in [6.45, 7) is 0. The molecule has 2 bridgehead atoms.